The summed E-state index contributed by atoms with van der Waals surface area (Å²) in [5.41, 5.74) is 0.246. The number of nitrogens with zero attached hydrogens (tertiary/aromatic N) is 2. The normalized spacial score (nSPS) is 11.3. The fourth-order valence-corrected chi connectivity index (χ4v) is 3.64. The number of hydrogen-bond donors (Lipinski definition) is 1. The van der Waals surface area contributed by atoms with Crippen molar-refractivity contribution in [3.63, 3.8) is 0 Å². The van der Waals surface area contributed by atoms with Crippen LogP contribution in [0.4, 0.5) is 4.39 Å². The summed E-state index contributed by atoms with van der Waals surface area (Å²) in [5.74, 6) is -2.00. The van der Waals surface area contributed by atoms with Crippen LogP contribution in [0, 0.1) is 5.82 Å². The average molecular weight is 410 g/mol. The fourth-order valence-electron chi connectivity index (χ4n) is 2.25. The van der Waals surface area contributed by atoms with E-state index < -0.39 is 26.8 Å². The number of amides is 1. The highest BCUT2D eigenvalue weighted by Crippen LogP contribution is 2.19. The first-order chi connectivity index (χ1) is 12.9. The van der Waals surface area contributed by atoms with Crippen LogP contribution in [0.1, 0.15) is 21.8 Å². The molecule has 1 amide bonds. The van der Waals surface area contributed by atoms with Crippen molar-refractivity contribution in [1.82, 2.24) is 15.5 Å². The summed E-state index contributed by atoms with van der Waals surface area (Å²) in [5, 5.41) is 8.86. The van der Waals surface area contributed by atoms with Crippen molar-refractivity contribution in [2.75, 3.05) is 0 Å². The van der Waals surface area contributed by atoms with E-state index >= 15 is 0 Å². The lowest BCUT2D eigenvalue weighted by molar-refractivity contribution is 0.0943. The van der Waals surface area contributed by atoms with Crippen LogP contribution < -0.4 is 5.32 Å². The molecule has 0 aliphatic carbocycles. The first kappa shape index (κ1) is 19.0. The molecule has 27 heavy (non-hydrogen) atoms. The van der Waals surface area contributed by atoms with Gasteiger partial charge in [0.1, 0.15) is 5.82 Å². The maximum atomic E-state index is 13.7. The maximum Gasteiger partial charge on any atom is 0.335 e. The van der Waals surface area contributed by atoms with Gasteiger partial charge in [-0.15, -0.1) is 5.10 Å². The van der Waals surface area contributed by atoms with Crippen LogP contribution in [-0.4, -0.2) is 24.5 Å². The van der Waals surface area contributed by atoms with E-state index in [0.717, 1.165) is 6.07 Å². The van der Waals surface area contributed by atoms with Gasteiger partial charge in [-0.25, -0.2) is 12.8 Å². The summed E-state index contributed by atoms with van der Waals surface area (Å²) in [4.78, 5) is 12.1. The van der Waals surface area contributed by atoms with E-state index in [0.29, 0.717) is 5.56 Å². The van der Waals surface area contributed by atoms with Gasteiger partial charge in [0.05, 0.1) is 22.9 Å². The summed E-state index contributed by atoms with van der Waals surface area (Å²) < 4.78 is 43.5. The first-order valence-corrected chi connectivity index (χ1v) is 9.71. The Kier molecular flexibility index (Phi) is 5.52. The summed E-state index contributed by atoms with van der Waals surface area (Å²) >= 11 is 5.82. The summed E-state index contributed by atoms with van der Waals surface area (Å²) in [7, 11) is -3.83. The molecule has 1 aromatic heterocycles. The van der Waals surface area contributed by atoms with Gasteiger partial charge in [0.25, 0.3) is 5.91 Å². The molecule has 10 heteroatoms. The third-order valence-electron chi connectivity index (χ3n) is 3.50. The standard InChI is InChI=1S/C17H13ClFN3O4S/c18-12-7-4-8-13(19)15(12)16(23)20-9-14-21-22-17(26-14)27(24,25)10-11-5-2-1-3-6-11/h1-8H,9-10H2,(H,20,23). The average Bonchev–Trinajstić information content (AvgIpc) is 3.10. The molecule has 0 spiro atoms. The van der Waals surface area contributed by atoms with Gasteiger partial charge < -0.3 is 9.73 Å². The number of benzene rings is 2. The number of hydrogen-bond acceptors (Lipinski definition) is 6. The van der Waals surface area contributed by atoms with Crippen molar-refractivity contribution >= 4 is 27.3 Å². The number of halogens is 2. The molecular formula is C17H13ClFN3O4S. The van der Waals surface area contributed by atoms with Gasteiger partial charge in [0.2, 0.25) is 15.7 Å². The monoisotopic (exact) mass is 409 g/mol. The van der Waals surface area contributed by atoms with Crippen LogP contribution >= 0.6 is 11.6 Å². The molecule has 0 aliphatic heterocycles. The first-order valence-electron chi connectivity index (χ1n) is 7.68. The molecule has 0 atom stereocenters. The molecule has 1 heterocycles. The molecular weight excluding hydrogens is 397 g/mol. The zero-order chi connectivity index (χ0) is 19.4. The summed E-state index contributed by atoms with van der Waals surface area (Å²) in [6.45, 7) is -0.280. The minimum atomic E-state index is -3.83. The zero-order valence-electron chi connectivity index (χ0n) is 13.7. The van der Waals surface area contributed by atoms with Crippen LogP contribution in [-0.2, 0) is 22.1 Å². The Bertz CT molecular complexity index is 1050. The second-order valence-electron chi connectivity index (χ2n) is 5.49. The van der Waals surface area contributed by atoms with E-state index in [1.165, 1.54) is 12.1 Å². The predicted octanol–water partition coefficient (Wildman–Crippen LogP) is 2.77. The third kappa shape index (κ3) is 4.50. The van der Waals surface area contributed by atoms with Gasteiger partial charge in [-0.1, -0.05) is 53.1 Å². The molecule has 0 fully saturated rings. The molecule has 2 aromatic carbocycles. The predicted molar refractivity (Wildman–Crippen MR) is 94.2 cm³/mol. The van der Waals surface area contributed by atoms with E-state index in [2.05, 4.69) is 15.5 Å². The van der Waals surface area contributed by atoms with Crippen molar-refractivity contribution in [1.29, 1.82) is 0 Å². The topological polar surface area (TPSA) is 102 Å². The highest BCUT2D eigenvalue weighted by atomic mass is 35.5. The lowest BCUT2D eigenvalue weighted by Gasteiger charge is -2.05. The fraction of sp³-hybridized carbons (Fsp3) is 0.118. The van der Waals surface area contributed by atoms with Crippen LogP contribution in [0.2, 0.25) is 5.02 Å². The van der Waals surface area contributed by atoms with E-state index in [9.17, 15) is 17.6 Å². The smallest absolute Gasteiger partial charge is 0.335 e. The van der Waals surface area contributed by atoms with Crippen molar-refractivity contribution in [3.05, 3.63) is 76.4 Å². The Hall–Kier alpha value is -2.78. The highest BCUT2D eigenvalue weighted by molar-refractivity contribution is 7.90. The van der Waals surface area contributed by atoms with Crippen molar-refractivity contribution in [2.24, 2.45) is 0 Å². The molecule has 3 rings (SSSR count). The van der Waals surface area contributed by atoms with Gasteiger partial charge in [-0.3, -0.25) is 4.79 Å². The van der Waals surface area contributed by atoms with E-state index in [1.54, 1.807) is 30.3 Å². The minimum absolute atomic E-state index is 0.0517. The van der Waals surface area contributed by atoms with Crippen molar-refractivity contribution in [3.8, 4) is 0 Å². The number of carbonyl (C=O) groups is 1. The van der Waals surface area contributed by atoms with Crippen LogP contribution in [0.25, 0.3) is 0 Å². The summed E-state index contributed by atoms with van der Waals surface area (Å²) in [6.07, 6.45) is 0. The van der Waals surface area contributed by atoms with Gasteiger partial charge in [0, 0.05) is 0 Å². The largest absolute Gasteiger partial charge is 0.411 e. The summed E-state index contributed by atoms with van der Waals surface area (Å²) in [6, 6.07) is 12.4. The number of sulfone groups is 1. The Labute approximate surface area is 159 Å². The van der Waals surface area contributed by atoms with Crippen LogP contribution in [0.15, 0.2) is 58.2 Å². The Morgan fingerprint density at radius 2 is 1.85 bits per heavy atom. The highest BCUT2D eigenvalue weighted by Gasteiger charge is 2.23. The number of carbonyl (C=O) groups excluding carboxylic acids is 1. The lowest BCUT2D eigenvalue weighted by Crippen LogP contribution is -2.24. The number of nitrogens with one attached hydrogen (secondary N) is 1. The van der Waals surface area contributed by atoms with E-state index in [-0.39, 0.29) is 28.8 Å². The van der Waals surface area contributed by atoms with Crippen LogP contribution in [0.5, 0.6) is 0 Å². The van der Waals surface area contributed by atoms with E-state index in [1.807, 2.05) is 0 Å². The molecule has 0 unspecified atom stereocenters. The maximum absolute atomic E-state index is 13.7. The zero-order valence-corrected chi connectivity index (χ0v) is 15.3. The van der Waals surface area contributed by atoms with Gasteiger partial charge in [0.15, 0.2) is 0 Å². The van der Waals surface area contributed by atoms with E-state index in [4.69, 9.17) is 16.0 Å². The third-order valence-corrected chi connectivity index (χ3v) is 5.23. The molecule has 0 radical (unpaired) electrons. The molecule has 140 valence electrons. The lowest BCUT2D eigenvalue weighted by atomic mass is 10.2. The Morgan fingerprint density at radius 1 is 1.11 bits per heavy atom. The van der Waals surface area contributed by atoms with Gasteiger partial charge >= 0.3 is 5.22 Å². The minimum Gasteiger partial charge on any atom is -0.411 e. The Balaban J connectivity index is 1.68. The molecule has 3 aromatic rings. The molecule has 1 N–H and O–H groups in total. The second kappa shape index (κ2) is 7.85. The van der Waals surface area contributed by atoms with Crippen LogP contribution in [0.3, 0.4) is 0 Å². The second-order valence-corrected chi connectivity index (χ2v) is 7.76. The number of aromatic nitrogens is 2. The Morgan fingerprint density at radius 3 is 2.56 bits per heavy atom. The van der Waals surface area contributed by atoms with Crippen molar-refractivity contribution < 1.29 is 22.0 Å². The molecule has 0 saturated heterocycles. The quantitative estimate of drug-likeness (QED) is 0.671. The van der Waals surface area contributed by atoms with Crippen molar-refractivity contribution in [2.45, 2.75) is 17.5 Å². The van der Waals surface area contributed by atoms with Gasteiger partial charge in [-0.2, -0.15) is 0 Å². The molecule has 0 bridgehead atoms. The van der Waals surface area contributed by atoms with Gasteiger partial charge in [-0.05, 0) is 17.7 Å². The molecule has 0 aliphatic rings. The number of rotatable bonds is 6. The molecule has 0 saturated carbocycles. The SMILES string of the molecule is O=C(NCc1nnc(S(=O)(=O)Cc2ccccc2)o1)c1c(F)cccc1Cl. The molecule has 7 nitrogen and oxygen atoms in total.